The lowest BCUT2D eigenvalue weighted by atomic mass is 10.0. The molecule has 1 aromatic carbocycles. The predicted octanol–water partition coefficient (Wildman–Crippen LogP) is 1.32. The summed E-state index contributed by atoms with van der Waals surface area (Å²) >= 11 is 0. The Hall–Kier alpha value is -2.74. The van der Waals surface area contributed by atoms with Crippen LogP contribution in [-0.2, 0) is 14.4 Å². The fourth-order valence-corrected chi connectivity index (χ4v) is 3.81. The molecule has 2 amide bonds. The number of hydrogen-bond donors (Lipinski definition) is 2. The van der Waals surface area contributed by atoms with Gasteiger partial charge in [-0.25, -0.2) is 0 Å². The number of anilines is 1. The van der Waals surface area contributed by atoms with Gasteiger partial charge in [-0.3, -0.25) is 24.3 Å². The maximum Gasteiger partial charge on any atom is 0.267 e. The van der Waals surface area contributed by atoms with Crippen LogP contribution >= 0.6 is 0 Å². The van der Waals surface area contributed by atoms with Gasteiger partial charge in [-0.05, 0) is 38.3 Å². The zero-order chi connectivity index (χ0) is 21.5. The molecule has 2 aliphatic rings. The van der Waals surface area contributed by atoms with E-state index in [0.717, 1.165) is 38.0 Å². The molecular weight excluding hydrogens is 382 g/mol. The van der Waals surface area contributed by atoms with E-state index in [1.54, 1.807) is 5.01 Å². The molecule has 1 saturated heterocycles. The molecule has 0 bridgehead atoms. The quantitative estimate of drug-likeness (QED) is 0.670. The van der Waals surface area contributed by atoms with Gasteiger partial charge >= 0.3 is 0 Å². The summed E-state index contributed by atoms with van der Waals surface area (Å²) in [6, 6.07) is 9.04. The third-order valence-corrected chi connectivity index (χ3v) is 5.52. The van der Waals surface area contributed by atoms with Crippen LogP contribution < -0.4 is 15.6 Å². The Morgan fingerprint density at radius 2 is 1.83 bits per heavy atom. The van der Waals surface area contributed by atoms with Crippen LogP contribution in [0.1, 0.15) is 39.5 Å². The molecule has 0 radical (unpaired) electrons. The van der Waals surface area contributed by atoms with Crippen molar-refractivity contribution in [1.82, 2.24) is 15.5 Å². The first-order valence-electron chi connectivity index (χ1n) is 10.7. The Bertz CT molecular complexity index is 787. The third kappa shape index (κ3) is 5.66. The van der Waals surface area contributed by atoms with Crippen molar-refractivity contribution in [3.63, 3.8) is 0 Å². The second-order valence-corrected chi connectivity index (χ2v) is 7.93. The molecule has 30 heavy (non-hydrogen) atoms. The minimum absolute atomic E-state index is 0.0138. The molecule has 1 fully saturated rings. The number of Topliss-reactive ketones (excluding diaryl/α,β-unsaturated/α-hetero) is 1. The van der Waals surface area contributed by atoms with Crippen molar-refractivity contribution in [2.45, 2.75) is 51.6 Å². The highest BCUT2D eigenvalue weighted by Gasteiger charge is 2.35. The normalized spacial score (nSPS) is 20.0. The van der Waals surface area contributed by atoms with Crippen molar-refractivity contribution >= 4 is 29.0 Å². The fraction of sp³-hybridized carbons (Fsp3) is 0.545. The smallest absolute Gasteiger partial charge is 0.267 e. The van der Waals surface area contributed by atoms with Gasteiger partial charge in [0.15, 0.2) is 5.78 Å². The fourth-order valence-electron chi connectivity index (χ4n) is 3.81. The molecule has 162 valence electrons. The first kappa shape index (κ1) is 22.0. The molecule has 2 N–H and O–H groups in total. The second-order valence-electron chi connectivity index (χ2n) is 7.93. The van der Waals surface area contributed by atoms with Gasteiger partial charge in [0.05, 0.1) is 12.2 Å². The summed E-state index contributed by atoms with van der Waals surface area (Å²) < 4.78 is 0. The molecule has 3 rings (SSSR count). The van der Waals surface area contributed by atoms with E-state index in [0.29, 0.717) is 25.2 Å². The maximum absolute atomic E-state index is 12.8. The van der Waals surface area contributed by atoms with Crippen molar-refractivity contribution < 1.29 is 14.4 Å². The van der Waals surface area contributed by atoms with Gasteiger partial charge < -0.3 is 10.6 Å². The molecule has 0 spiro atoms. The van der Waals surface area contributed by atoms with E-state index in [4.69, 9.17) is 0 Å². The zero-order valence-electron chi connectivity index (χ0n) is 17.8. The van der Waals surface area contributed by atoms with Gasteiger partial charge in [0.2, 0.25) is 5.91 Å². The number of nitrogens with zero attached hydrogens (tertiary/aromatic N) is 3. The number of para-hydroxylation sites is 1. The van der Waals surface area contributed by atoms with Crippen LogP contribution in [0.5, 0.6) is 0 Å². The van der Waals surface area contributed by atoms with Crippen LogP contribution in [0.3, 0.4) is 0 Å². The highest BCUT2D eigenvalue weighted by molar-refractivity contribution is 6.40. The number of hydrogen-bond acceptors (Lipinski definition) is 6. The summed E-state index contributed by atoms with van der Waals surface area (Å²) in [4.78, 5) is 38.9. The van der Waals surface area contributed by atoms with Gasteiger partial charge in [0, 0.05) is 32.1 Å². The van der Waals surface area contributed by atoms with Crippen molar-refractivity contribution in [3.8, 4) is 0 Å². The summed E-state index contributed by atoms with van der Waals surface area (Å²) in [7, 11) is 0. The first-order chi connectivity index (χ1) is 14.5. The van der Waals surface area contributed by atoms with E-state index in [1.165, 1.54) is 6.92 Å². The highest BCUT2D eigenvalue weighted by atomic mass is 16.2. The topological polar surface area (TPSA) is 94.1 Å². The summed E-state index contributed by atoms with van der Waals surface area (Å²) in [5, 5.41) is 12.1. The van der Waals surface area contributed by atoms with E-state index >= 15 is 0 Å². The molecule has 2 aliphatic heterocycles. The molecule has 1 unspecified atom stereocenters. The first-order valence-corrected chi connectivity index (χ1v) is 10.7. The molecular formula is C22H31N5O3. The standard InChI is InChI=1S/C22H31N5O3/c1-3-11-23-21(29)15-26-12-9-17(10-13-26)24-22(30)19-14-20(16(2)28)27(25-19)18-7-5-4-6-8-18/h4-8,17,20H,3,9-15H2,1-2H3,(H,23,29)(H,24,30). The van der Waals surface area contributed by atoms with E-state index in [-0.39, 0.29) is 23.6 Å². The number of carbonyl (C=O) groups excluding carboxylic acids is 3. The van der Waals surface area contributed by atoms with Crippen LogP contribution in [0.4, 0.5) is 5.69 Å². The number of rotatable bonds is 8. The number of ketones is 1. The number of carbonyl (C=O) groups is 3. The molecule has 0 saturated carbocycles. The minimum atomic E-state index is -0.448. The number of piperidine rings is 1. The van der Waals surface area contributed by atoms with Crippen LogP contribution in [-0.4, -0.2) is 66.5 Å². The van der Waals surface area contributed by atoms with E-state index in [2.05, 4.69) is 20.6 Å². The zero-order valence-corrected chi connectivity index (χ0v) is 17.8. The Kier molecular flexibility index (Phi) is 7.57. The minimum Gasteiger partial charge on any atom is -0.355 e. The van der Waals surface area contributed by atoms with Crippen molar-refractivity contribution in [2.75, 3.05) is 31.2 Å². The Balaban J connectivity index is 1.53. The second kappa shape index (κ2) is 10.3. The molecule has 0 aromatic heterocycles. The summed E-state index contributed by atoms with van der Waals surface area (Å²) in [6.07, 6.45) is 2.82. The van der Waals surface area contributed by atoms with Crippen LogP contribution in [0.15, 0.2) is 35.4 Å². The third-order valence-electron chi connectivity index (χ3n) is 5.52. The number of amides is 2. The van der Waals surface area contributed by atoms with E-state index < -0.39 is 6.04 Å². The van der Waals surface area contributed by atoms with E-state index in [1.807, 2.05) is 37.3 Å². The number of nitrogens with one attached hydrogen (secondary N) is 2. The van der Waals surface area contributed by atoms with Crippen LogP contribution in [0.25, 0.3) is 0 Å². The van der Waals surface area contributed by atoms with Crippen molar-refractivity contribution in [1.29, 1.82) is 0 Å². The number of hydrazone groups is 1. The highest BCUT2D eigenvalue weighted by Crippen LogP contribution is 2.25. The average molecular weight is 414 g/mol. The molecule has 1 aromatic rings. The molecule has 0 aliphatic carbocycles. The van der Waals surface area contributed by atoms with Gasteiger partial charge in [0.25, 0.3) is 5.91 Å². The van der Waals surface area contributed by atoms with Crippen LogP contribution in [0.2, 0.25) is 0 Å². The summed E-state index contributed by atoms with van der Waals surface area (Å²) in [5.41, 5.74) is 1.19. The lowest BCUT2D eigenvalue weighted by molar-refractivity contribution is -0.123. The Labute approximate surface area is 177 Å². The Morgan fingerprint density at radius 1 is 1.13 bits per heavy atom. The van der Waals surface area contributed by atoms with Gasteiger partial charge in [0.1, 0.15) is 11.8 Å². The number of benzene rings is 1. The molecule has 1 atom stereocenters. The molecule has 8 nitrogen and oxygen atoms in total. The van der Waals surface area contributed by atoms with E-state index in [9.17, 15) is 14.4 Å². The van der Waals surface area contributed by atoms with Crippen molar-refractivity contribution in [2.24, 2.45) is 5.10 Å². The SMILES string of the molecule is CCCNC(=O)CN1CCC(NC(=O)C2=NN(c3ccccc3)C(C(C)=O)C2)CC1. The predicted molar refractivity (Wildman–Crippen MR) is 116 cm³/mol. The largest absolute Gasteiger partial charge is 0.355 e. The van der Waals surface area contributed by atoms with Gasteiger partial charge in [-0.15, -0.1) is 0 Å². The lowest BCUT2D eigenvalue weighted by Crippen LogP contribution is -2.48. The maximum atomic E-state index is 12.8. The van der Waals surface area contributed by atoms with Gasteiger partial charge in [-0.2, -0.15) is 5.10 Å². The molecule has 2 heterocycles. The summed E-state index contributed by atoms with van der Waals surface area (Å²) in [5.74, 6) is -0.171. The average Bonchev–Trinajstić information content (AvgIpc) is 3.20. The summed E-state index contributed by atoms with van der Waals surface area (Å²) in [6.45, 7) is 6.20. The monoisotopic (exact) mass is 413 g/mol. The number of likely N-dealkylation sites (tertiary alicyclic amines) is 1. The lowest BCUT2D eigenvalue weighted by Gasteiger charge is -2.31. The molecule has 8 heteroatoms. The van der Waals surface area contributed by atoms with Crippen molar-refractivity contribution in [3.05, 3.63) is 30.3 Å². The van der Waals surface area contributed by atoms with Crippen LogP contribution in [0, 0.1) is 0 Å². The Morgan fingerprint density at radius 3 is 2.47 bits per heavy atom. The van der Waals surface area contributed by atoms with Gasteiger partial charge in [-0.1, -0.05) is 25.1 Å².